The Labute approximate surface area is 250 Å². The molecule has 3 aliphatic rings. The van der Waals surface area contributed by atoms with Crippen molar-refractivity contribution in [2.45, 2.75) is 84.7 Å². The zero-order valence-electron chi connectivity index (χ0n) is 25.7. The van der Waals surface area contributed by atoms with E-state index in [0.29, 0.717) is 30.5 Å². The van der Waals surface area contributed by atoms with Gasteiger partial charge in [0.25, 0.3) is 5.56 Å². The third-order valence-corrected chi connectivity index (χ3v) is 10.2. The van der Waals surface area contributed by atoms with E-state index < -0.39 is 64.1 Å². The first-order valence-corrected chi connectivity index (χ1v) is 14.6. The zero-order chi connectivity index (χ0) is 31.5. The Morgan fingerprint density at radius 2 is 1.77 bits per heavy atom. The summed E-state index contributed by atoms with van der Waals surface area (Å²) in [5.74, 6) is -2.30. The second kappa shape index (κ2) is 10.8. The van der Waals surface area contributed by atoms with Crippen molar-refractivity contribution in [3.05, 3.63) is 46.5 Å². The summed E-state index contributed by atoms with van der Waals surface area (Å²) in [4.78, 5) is 54.7. The van der Waals surface area contributed by atoms with Crippen LogP contribution in [0.4, 0.5) is 0 Å². The van der Waals surface area contributed by atoms with E-state index in [9.17, 15) is 24.3 Å². The number of esters is 3. The van der Waals surface area contributed by atoms with Gasteiger partial charge in [-0.2, -0.15) is 0 Å². The van der Waals surface area contributed by atoms with Gasteiger partial charge in [-0.1, -0.05) is 13.8 Å². The molecule has 0 unspecified atom stereocenters. The van der Waals surface area contributed by atoms with Crippen LogP contribution < -0.4 is 10.3 Å². The predicted octanol–water partition coefficient (Wildman–Crippen LogP) is 3.50. The smallest absolute Gasteiger partial charge is 0.303 e. The van der Waals surface area contributed by atoms with Gasteiger partial charge in [0.2, 0.25) is 0 Å². The molecule has 0 radical (unpaired) electrons. The number of carbonyl (C=O) groups is 3. The summed E-state index contributed by atoms with van der Waals surface area (Å²) < 4.78 is 25.5. The molecule has 0 aromatic carbocycles. The molecule has 0 spiro atoms. The average molecular weight is 597 g/mol. The maximum absolute atomic E-state index is 13.9. The third-order valence-electron chi connectivity index (χ3n) is 10.2. The Kier molecular flexibility index (Phi) is 7.69. The van der Waals surface area contributed by atoms with E-state index in [4.69, 9.17) is 18.9 Å². The molecule has 5 rings (SSSR count). The van der Waals surface area contributed by atoms with Crippen molar-refractivity contribution in [1.82, 2.24) is 9.55 Å². The van der Waals surface area contributed by atoms with Crippen LogP contribution >= 0.6 is 0 Å². The van der Waals surface area contributed by atoms with Crippen LogP contribution in [0, 0.1) is 22.7 Å². The third kappa shape index (κ3) is 4.91. The second-order valence-corrected chi connectivity index (χ2v) is 12.9. The quantitative estimate of drug-likeness (QED) is 0.402. The molecule has 1 N–H and O–H groups in total. The van der Waals surface area contributed by atoms with E-state index in [1.54, 1.807) is 31.6 Å². The molecule has 0 amide bonds. The zero-order valence-corrected chi connectivity index (χ0v) is 25.7. The second-order valence-electron chi connectivity index (χ2n) is 12.9. The molecule has 2 aliphatic carbocycles. The van der Waals surface area contributed by atoms with Gasteiger partial charge in [-0.15, -0.1) is 0 Å². The number of aromatic nitrogens is 2. The van der Waals surface area contributed by atoms with Crippen LogP contribution in [0.1, 0.15) is 72.5 Å². The number of hydrogen-bond acceptors (Lipinski definition) is 10. The number of pyridine rings is 2. The van der Waals surface area contributed by atoms with Gasteiger partial charge in [-0.3, -0.25) is 24.2 Å². The van der Waals surface area contributed by atoms with Gasteiger partial charge < -0.3 is 28.6 Å². The number of rotatable bonds is 5. The highest BCUT2D eigenvalue weighted by Gasteiger charge is 2.70. The minimum Gasteiger partial charge on any atom is -0.483 e. The topological polar surface area (TPSA) is 143 Å². The summed E-state index contributed by atoms with van der Waals surface area (Å²) >= 11 is 0. The molecule has 43 heavy (non-hydrogen) atoms. The predicted molar refractivity (Wildman–Crippen MR) is 154 cm³/mol. The maximum Gasteiger partial charge on any atom is 0.303 e. The van der Waals surface area contributed by atoms with Crippen molar-refractivity contribution in [3.63, 3.8) is 0 Å². The van der Waals surface area contributed by atoms with E-state index in [1.165, 1.54) is 25.3 Å². The number of aliphatic hydroxyl groups excluding tert-OH is 1. The summed E-state index contributed by atoms with van der Waals surface area (Å²) in [7, 11) is 1.64. The lowest BCUT2D eigenvalue weighted by molar-refractivity contribution is -0.270. The molecule has 2 fully saturated rings. The van der Waals surface area contributed by atoms with Gasteiger partial charge in [-0.05, 0) is 49.7 Å². The fourth-order valence-corrected chi connectivity index (χ4v) is 8.40. The molecule has 11 nitrogen and oxygen atoms in total. The summed E-state index contributed by atoms with van der Waals surface area (Å²) in [6.45, 7) is 9.69. The van der Waals surface area contributed by atoms with Crippen molar-refractivity contribution in [2.24, 2.45) is 29.7 Å². The molecule has 0 bridgehead atoms. The lowest BCUT2D eigenvalue weighted by Crippen LogP contribution is -2.71. The van der Waals surface area contributed by atoms with Crippen LogP contribution in [0.3, 0.4) is 0 Å². The van der Waals surface area contributed by atoms with Crippen molar-refractivity contribution < 1.29 is 38.4 Å². The fraction of sp³-hybridized carbons (Fsp3) is 0.594. The van der Waals surface area contributed by atoms with Crippen LogP contribution in [0.2, 0.25) is 0 Å². The van der Waals surface area contributed by atoms with E-state index >= 15 is 0 Å². The largest absolute Gasteiger partial charge is 0.483 e. The van der Waals surface area contributed by atoms with Gasteiger partial charge in [-0.25, -0.2) is 0 Å². The van der Waals surface area contributed by atoms with Gasteiger partial charge in [0, 0.05) is 63.2 Å². The number of aliphatic hydroxyl groups is 1. The van der Waals surface area contributed by atoms with Crippen LogP contribution in [0.15, 0.2) is 35.4 Å². The number of ether oxygens (including phenoxy) is 4. The monoisotopic (exact) mass is 596 g/mol. The number of carbonyl (C=O) groups excluding carboxylic acids is 3. The Bertz CT molecular complexity index is 1510. The summed E-state index contributed by atoms with van der Waals surface area (Å²) in [6, 6.07) is 5.32. The molecule has 11 heteroatoms. The van der Waals surface area contributed by atoms with Gasteiger partial charge in [0.05, 0.1) is 17.4 Å². The summed E-state index contributed by atoms with van der Waals surface area (Å²) in [5, 5.41) is 12.2. The molecule has 3 heterocycles. The molecular formula is C32H40N2O9. The number of nitrogens with zero attached hydrogens (tertiary/aromatic N) is 2. The fourth-order valence-electron chi connectivity index (χ4n) is 8.40. The van der Waals surface area contributed by atoms with Crippen LogP contribution in [0.25, 0.3) is 11.3 Å². The van der Waals surface area contributed by atoms with Crippen LogP contribution in [-0.2, 0) is 35.6 Å². The van der Waals surface area contributed by atoms with Crippen LogP contribution in [0.5, 0.6) is 5.75 Å². The van der Waals surface area contributed by atoms with Crippen molar-refractivity contribution in [3.8, 4) is 17.0 Å². The normalized spacial score (nSPS) is 34.5. The van der Waals surface area contributed by atoms with Crippen molar-refractivity contribution in [2.75, 3.05) is 6.61 Å². The van der Waals surface area contributed by atoms with E-state index in [1.807, 2.05) is 26.8 Å². The Balaban J connectivity index is 1.69. The molecule has 2 saturated carbocycles. The minimum atomic E-state index is -1.27. The Hall–Kier alpha value is -3.73. The first kappa shape index (κ1) is 30.7. The molecule has 8 atom stereocenters. The molecule has 2 aromatic heterocycles. The lowest BCUT2D eigenvalue weighted by Gasteiger charge is -2.66. The minimum absolute atomic E-state index is 0.0411. The number of hydrogen-bond donors (Lipinski definition) is 1. The van der Waals surface area contributed by atoms with E-state index in [-0.39, 0.29) is 23.8 Å². The van der Waals surface area contributed by atoms with Crippen LogP contribution in [-0.4, -0.2) is 57.0 Å². The van der Waals surface area contributed by atoms with E-state index in [2.05, 4.69) is 4.98 Å². The molecular weight excluding hydrogens is 556 g/mol. The Morgan fingerprint density at radius 1 is 1.09 bits per heavy atom. The lowest BCUT2D eigenvalue weighted by atomic mass is 9.42. The maximum atomic E-state index is 13.9. The van der Waals surface area contributed by atoms with Gasteiger partial charge in [0.1, 0.15) is 30.2 Å². The van der Waals surface area contributed by atoms with Crippen molar-refractivity contribution in [1.29, 1.82) is 0 Å². The van der Waals surface area contributed by atoms with Crippen molar-refractivity contribution >= 4 is 17.9 Å². The highest BCUT2D eigenvalue weighted by molar-refractivity contribution is 5.67. The Morgan fingerprint density at radius 3 is 2.37 bits per heavy atom. The van der Waals surface area contributed by atoms with Gasteiger partial charge >= 0.3 is 17.9 Å². The SMILES string of the molecule is CC(=O)OC[C@@]1(C)[C@@H]2C[C@H](OC(C)=O)[C@@]3(C)Oc4cc(-c5cccnc5)n(C)c(=O)c4[C@H](O)[C@@H]3[C@@]2(C)CC[C@@H]1OC(C)=O. The molecule has 1 aliphatic heterocycles. The standard InChI is InChI=1S/C32H40N2O9/c1-17(35)40-16-31(5)23-14-25(42-19(3)37)32(6)28(30(23,4)11-10-24(31)41-18(2)36)27(38)26-22(43-32)13-21(34(7)29(26)39)20-9-8-12-33-15-20/h8-9,12-13,15,23-25,27-28,38H,10-11,14,16H2,1-7H3/t23-,24+,25+,27+,28-,30+,31+,32-/m1/s1. The average Bonchev–Trinajstić information content (AvgIpc) is 2.92. The first-order chi connectivity index (χ1) is 20.1. The highest BCUT2D eigenvalue weighted by Crippen LogP contribution is 2.67. The number of fused-ring (bicyclic) bond motifs is 4. The van der Waals surface area contributed by atoms with E-state index in [0.717, 1.165) is 0 Å². The highest BCUT2D eigenvalue weighted by atomic mass is 16.6. The van der Waals surface area contributed by atoms with Gasteiger partial charge in [0.15, 0.2) is 0 Å². The molecule has 232 valence electrons. The molecule has 0 saturated heterocycles. The summed E-state index contributed by atoms with van der Waals surface area (Å²) in [5.41, 5.74) is -1.83. The molecule has 2 aromatic rings. The summed E-state index contributed by atoms with van der Waals surface area (Å²) in [6.07, 6.45) is 1.83. The first-order valence-electron chi connectivity index (χ1n) is 14.6.